The third-order valence-electron chi connectivity index (χ3n) is 3.93. The minimum atomic E-state index is -0.936. The van der Waals surface area contributed by atoms with Crippen molar-refractivity contribution in [3.05, 3.63) is 0 Å². The predicted molar refractivity (Wildman–Crippen MR) is 80.3 cm³/mol. The molecule has 1 aliphatic heterocycles. The maximum Gasteiger partial charge on any atom is 0.327 e. The van der Waals surface area contributed by atoms with E-state index in [1.54, 1.807) is 0 Å². The number of urea groups is 1. The molecule has 1 atom stereocenters. The first-order valence-corrected chi connectivity index (χ1v) is 7.75. The average molecular weight is 300 g/mol. The molecule has 0 aromatic carbocycles. The van der Waals surface area contributed by atoms with E-state index >= 15 is 0 Å². The number of nitrogens with one attached hydrogen (secondary N) is 1. The quantitative estimate of drug-likeness (QED) is 0.706. The number of amides is 2. The Balaban J connectivity index is 2.46. The molecule has 21 heavy (non-hydrogen) atoms. The molecule has 2 N–H and O–H groups in total. The number of hydrogen-bond donors (Lipinski definition) is 2. The van der Waals surface area contributed by atoms with Gasteiger partial charge in [-0.2, -0.15) is 0 Å². The molecule has 1 saturated heterocycles. The standard InChI is InChI=1S/C15H28N2O4/c1-4-5-10-21-11-8-16-14(20)17-9-6-7-15(2,3)12(17)13(18)19/h12H,4-11H2,1-3H3,(H,16,20)(H,18,19). The summed E-state index contributed by atoms with van der Waals surface area (Å²) in [6.45, 7) is 7.95. The summed E-state index contributed by atoms with van der Waals surface area (Å²) in [4.78, 5) is 25.1. The zero-order chi connectivity index (χ0) is 15.9. The molecule has 0 spiro atoms. The second-order valence-corrected chi connectivity index (χ2v) is 6.22. The van der Waals surface area contributed by atoms with Gasteiger partial charge in [0.15, 0.2) is 0 Å². The summed E-state index contributed by atoms with van der Waals surface area (Å²) >= 11 is 0. The van der Waals surface area contributed by atoms with Crippen molar-refractivity contribution in [3.8, 4) is 0 Å². The Morgan fingerprint density at radius 3 is 2.71 bits per heavy atom. The highest BCUT2D eigenvalue weighted by Crippen LogP contribution is 2.35. The van der Waals surface area contributed by atoms with Gasteiger partial charge in [0, 0.05) is 19.7 Å². The molecule has 2 amide bonds. The Labute approximate surface area is 126 Å². The molecule has 1 fully saturated rings. The molecular weight excluding hydrogens is 272 g/mol. The number of carbonyl (C=O) groups is 2. The van der Waals surface area contributed by atoms with Crippen molar-refractivity contribution >= 4 is 12.0 Å². The van der Waals surface area contributed by atoms with Crippen LogP contribution >= 0.6 is 0 Å². The van der Waals surface area contributed by atoms with E-state index in [2.05, 4.69) is 12.2 Å². The van der Waals surface area contributed by atoms with Crippen LogP contribution in [-0.4, -0.2) is 54.4 Å². The highest BCUT2D eigenvalue weighted by atomic mass is 16.5. The fourth-order valence-electron chi connectivity index (χ4n) is 2.76. The van der Waals surface area contributed by atoms with Crippen LogP contribution in [0.4, 0.5) is 4.79 Å². The average Bonchev–Trinajstić information content (AvgIpc) is 2.40. The Morgan fingerprint density at radius 2 is 2.10 bits per heavy atom. The van der Waals surface area contributed by atoms with Crippen LogP contribution in [0.1, 0.15) is 46.5 Å². The Hall–Kier alpha value is -1.30. The zero-order valence-corrected chi connectivity index (χ0v) is 13.4. The third-order valence-corrected chi connectivity index (χ3v) is 3.93. The lowest BCUT2D eigenvalue weighted by molar-refractivity contribution is -0.148. The monoisotopic (exact) mass is 300 g/mol. The molecule has 122 valence electrons. The van der Waals surface area contributed by atoms with E-state index in [1.165, 1.54) is 4.90 Å². The fraction of sp³-hybridized carbons (Fsp3) is 0.867. The highest BCUT2D eigenvalue weighted by Gasteiger charge is 2.44. The summed E-state index contributed by atoms with van der Waals surface area (Å²) < 4.78 is 5.38. The number of rotatable bonds is 7. The van der Waals surface area contributed by atoms with Gasteiger partial charge in [0.05, 0.1) is 6.61 Å². The zero-order valence-electron chi connectivity index (χ0n) is 13.4. The number of ether oxygens (including phenoxy) is 1. The van der Waals surface area contributed by atoms with Crippen LogP contribution in [0.2, 0.25) is 0 Å². The SMILES string of the molecule is CCCCOCCNC(=O)N1CCCC(C)(C)C1C(=O)O. The smallest absolute Gasteiger partial charge is 0.327 e. The van der Waals surface area contributed by atoms with Crippen molar-refractivity contribution < 1.29 is 19.4 Å². The molecule has 1 rings (SSSR count). The summed E-state index contributed by atoms with van der Waals surface area (Å²) in [5.41, 5.74) is -0.404. The van der Waals surface area contributed by atoms with E-state index < -0.39 is 17.4 Å². The number of carboxylic acid groups (broad SMARTS) is 1. The molecule has 0 aromatic heterocycles. The van der Waals surface area contributed by atoms with Crippen LogP contribution in [0.3, 0.4) is 0 Å². The van der Waals surface area contributed by atoms with Crippen LogP contribution in [0.5, 0.6) is 0 Å². The van der Waals surface area contributed by atoms with Crippen LogP contribution in [0, 0.1) is 5.41 Å². The first-order chi connectivity index (χ1) is 9.90. The van der Waals surface area contributed by atoms with Gasteiger partial charge in [-0.15, -0.1) is 0 Å². The lowest BCUT2D eigenvalue weighted by Gasteiger charge is -2.43. The molecular formula is C15H28N2O4. The number of carbonyl (C=O) groups excluding carboxylic acids is 1. The predicted octanol–water partition coefficient (Wildman–Crippen LogP) is 2.09. The lowest BCUT2D eigenvalue weighted by atomic mass is 9.76. The molecule has 6 nitrogen and oxygen atoms in total. The van der Waals surface area contributed by atoms with E-state index in [-0.39, 0.29) is 6.03 Å². The van der Waals surface area contributed by atoms with Gasteiger partial charge >= 0.3 is 12.0 Å². The Morgan fingerprint density at radius 1 is 1.38 bits per heavy atom. The molecule has 1 heterocycles. The van der Waals surface area contributed by atoms with Crippen molar-refractivity contribution in [2.45, 2.75) is 52.5 Å². The number of piperidine rings is 1. The summed E-state index contributed by atoms with van der Waals surface area (Å²) in [7, 11) is 0. The van der Waals surface area contributed by atoms with Gasteiger partial charge in [-0.05, 0) is 24.7 Å². The van der Waals surface area contributed by atoms with Gasteiger partial charge in [0.25, 0.3) is 0 Å². The number of hydrogen-bond acceptors (Lipinski definition) is 3. The fourth-order valence-corrected chi connectivity index (χ4v) is 2.76. The minimum Gasteiger partial charge on any atom is -0.480 e. The summed E-state index contributed by atoms with van der Waals surface area (Å²) in [6.07, 6.45) is 3.73. The molecule has 0 aromatic rings. The second kappa shape index (κ2) is 8.22. The summed E-state index contributed by atoms with van der Waals surface area (Å²) in [6, 6.07) is -1.08. The van der Waals surface area contributed by atoms with Crippen LogP contribution in [0.25, 0.3) is 0 Å². The first kappa shape index (κ1) is 17.8. The first-order valence-electron chi connectivity index (χ1n) is 7.75. The van der Waals surface area contributed by atoms with Gasteiger partial charge < -0.3 is 20.1 Å². The van der Waals surface area contributed by atoms with Crippen LogP contribution in [-0.2, 0) is 9.53 Å². The molecule has 1 unspecified atom stereocenters. The van der Waals surface area contributed by atoms with Gasteiger partial charge in [-0.25, -0.2) is 9.59 Å². The van der Waals surface area contributed by atoms with E-state index in [9.17, 15) is 14.7 Å². The molecule has 1 aliphatic rings. The van der Waals surface area contributed by atoms with Gasteiger partial charge in [-0.3, -0.25) is 0 Å². The molecule has 6 heteroatoms. The van der Waals surface area contributed by atoms with Crippen molar-refractivity contribution in [2.75, 3.05) is 26.3 Å². The minimum absolute atomic E-state index is 0.311. The van der Waals surface area contributed by atoms with E-state index in [0.29, 0.717) is 26.3 Å². The van der Waals surface area contributed by atoms with Crippen molar-refractivity contribution in [1.82, 2.24) is 10.2 Å². The summed E-state index contributed by atoms with van der Waals surface area (Å²) in [5, 5.41) is 12.2. The van der Waals surface area contributed by atoms with Gasteiger partial charge in [0.2, 0.25) is 0 Å². The van der Waals surface area contributed by atoms with Crippen molar-refractivity contribution in [3.63, 3.8) is 0 Å². The highest BCUT2D eigenvalue weighted by molar-refractivity contribution is 5.83. The summed E-state index contributed by atoms with van der Waals surface area (Å²) in [5.74, 6) is -0.936. The van der Waals surface area contributed by atoms with Gasteiger partial charge in [0.1, 0.15) is 6.04 Å². The molecule has 0 aliphatic carbocycles. The Bertz CT molecular complexity index is 358. The topological polar surface area (TPSA) is 78.9 Å². The van der Waals surface area contributed by atoms with Crippen LogP contribution < -0.4 is 5.32 Å². The van der Waals surface area contributed by atoms with E-state index in [4.69, 9.17) is 4.74 Å². The third kappa shape index (κ3) is 5.19. The van der Waals surface area contributed by atoms with Crippen LogP contribution in [0.15, 0.2) is 0 Å². The number of likely N-dealkylation sites (tertiary alicyclic amines) is 1. The molecule has 0 saturated carbocycles. The van der Waals surface area contributed by atoms with E-state index in [1.807, 2.05) is 13.8 Å². The van der Waals surface area contributed by atoms with Gasteiger partial charge in [-0.1, -0.05) is 27.2 Å². The number of nitrogens with zero attached hydrogens (tertiary/aromatic N) is 1. The largest absolute Gasteiger partial charge is 0.480 e. The number of carboxylic acids is 1. The normalized spacial score (nSPS) is 21.1. The second-order valence-electron chi connectivity index (χ2n) is 6.22. The maximum atomic E-state index is 12.2. The maximum absolute atomic E-state index is 12.2. The Kier molecular flexibility index (Phi) is 6.95. The van der Waals surface area contributed by atoms with E-state index in [0.717, 1.165) is 25.7 Å². The molecule has 0 bridgehead atoms. The molecule has 0 radical (unpaired) electrons. The lowest BCUT2D eigenvalue weighted by Crippen LogP contribution is -2.58. The van der Waals surface area contributed by atoms with Crippen molar-refractivity contribution in [2.24, 2.45) is 5.41 Å². The van der Waals surface area contributed by atoms with Crippen molar-refractivity contribution in [1.29, 1.82) is 0 Å². The number of unbranched alkanes of at least 4 members (excludes halogenated alkanes) is 1. The number of aliphatic carboxylic acids is 1.